The SMILES string of the molecule is CC(C)C(=O)Nc1nc2c(ncn2[C@@H]2O[C@H](CO)C[C@H]2OS(=O)(=O)CC[C@H]2O[C@@H](n3cnc4c(NC(=O)c5ccccc5)ncnc43)[C@H](F)[C@@H]2O)c(=O)[nH]1. The van der Waals surface area contributed by atoms with Crippen LogP contribution in [-0.4, -0.2) is 112 Å². The van der Waals surface area contributed by atoms with E-state index >= 15 is 4.39 Å². The van der Waals surface area contributed by atoms with Gasteiger partial charge in [0, 0.05) is 17.9 Å². The van der Waals surface area contributed by atoms with Crippen LogP contribution in [0, 0.1) is 5.92 Å². The first-order valence-electron chi connectivity index (χ1n) is 16.8. The third kappa shape index (κ3) is 7.30. The monoisotopic (exact) mass is 770 g/mol. The van der Waals surface area contributed by atoms with Crippen LogP contribution in [-0.2, 0) is 28.6 Å². The zero-order valence-corrected chi connectivity index (χ0v) is 29.5. The predicted molar refractivity (Wildman–Crippen MR) is 185 cm³/mol. The number of halogens is 1. The summed E-state index contributed by atoms with van der Waals surface area (Å²) in [5.41, 5.74) is -0.254. The van der Waals surface area contributed by atoms with Gasteiger partial charge in [-0.3, -0.25) is 38.0 Å². The Bertz CT molecular complexity index is 2350. The molecule has 5 aromatic rings. The number of amides is 2. The highest BCUT2D eigenvalue weighted by atomic mass is 32.2. The number of nitrogens with zero attached hydrogens (tertiary/aromatic N) is 7. The number of ether oxygens (including phenoxy) is 2. The van der Waals surface area contributed by atoms with Gasteiger partial charge in [-0.15, -0.1) is 0 Å². The van der Waals surface area contributed by atoms with Crippen LogP contribution in [0.3, 0.4) is 0 Å². The Morgan fingerprint density at radius 3 is 2.48 bits per heavy atom. The second-order valence-corrected chi connectivity index (χ2v) is 14.7. The van der Waals surface area contributed by atoms with E-state index in [1.807, 2.05) is 0 Å². The molecule has 0 aliphatic carbocycles. The molecule has 2 saturated heterocycles. The van der Waals surface area contributed by atoms with Gasteiger partial charge in [0.2, 0.25) is 11.9 Å². The van der Waals surface area contributed by atoms with Crippen molar-refractivity contribution in [1.82, 2.24) is 39.0 Å². The summed E-state index contributed by atoms with van der Waals surface area (Å²) >= 11 is 0. The molecule has 4 aromatic heterocycles. The lowest BCUT2D eigenvalue weighted by Gasteiger charge is -2.21. The molecule has 0 radical (unpaired) electrons. The van der Waals surface area contributed by atoms with Gasteiger partial charge in [0.25, 0.3) is 21.6 Å². The number of aliphatic hydroxyl groups is 2. The molecule has 54 heavy (non-hydrogen) atoms. The predicted octanol–water partition coefficient (Wildman–Crippen LogP) is 0.788. The van der Waals surface area contributed by atoms with Gasteiger partial charge in [0.15, 0.2) is 46.8 Å². The molecule has 7 rings (SSSR count). The molecule has 286 valence electrons. The van der Waals surface area contributed by atoms with Crippen LogP contribution in [0.25, 0.3) is 22.3 Å². The van der Waals surface area contributed by atoms with E-state index in [0.717, 1.165) is 6.33 Å². The van der Waals surface area contributed by atoms with Crippen molar-refractivity contribution in [2.45, 2.75) is 69.7 Å². The topological polar surface area (TPSA) is 268 Å². The Hall–Kier alpha value is -5.26. The fraction of sp³-hybridized carbons (Fsp3) is 0.438. The summed E-state index contributed by atoms with van der Waals surface area (Å²) < 4.78 is 61.9. The van der Waals surface area contributed by atoms with E-state index < -0.39 is 88.8 Å². The summed E-state index contributed by atoms with van der Waals surface area (Å²) in [6.07, 6.45) is -6.74. The standard InChI is InChI=1S/C32H35FN10O10S/c1-15(2)27(46)40-32-39-26-22(29(48)41-32)37-14-43(26)30-19(10-17(11-44)51-30)53-54(49,50)9-8-18-23(45)20(33)31(52-18)42-13-36-21-24(34-12-35-25(21)42)38-28(47)16-6-4-3-5-7-16/h3-7,12-15,17-20,23,30-31,44-45H,8-11H2,1-2H3,(H,34,35,38,47)(H2,39,40,41,46,48)/t17-,18+,19+,20+,23+,30+,31+/m0/s1. The molecule has 7 atom stereocenters. The number of aliphatic hydroxyl groups excluding tert-OH is 2. The molecule has 0 bridgehead atoms. The van der Waals surface area contributed by atoms with Gasteiger partial charge in [-0.25, -0.2) is 24.3 Å². The number of carbonyl (C=O) groups excluding carboxylic acids is 2. The van der Waals surface area contributed by atoms with E-state index in [4.69, 9.17) is 13.7 Å². The average Bonchev–Trinajstić information content (AvgIpc) is 3.93. The van der Waals surface area contributed by atoms with Crippen molar-refractivity contribution in [1.29, 1.82) is 0 Å². The Balaban J connectivity index is 1.04. The summed E-state index contributed by atoms with van der Waals surface area (Å²) in [6, 6.07) is 8.37. The molecule has 0 unspecified atom stereocenters. The third-order valence-corrected chi connectivity index (χ3v) is 10.2. The van der Waals surface area contributed by atoms with E-state index in [1.54, 1.807) is 44.2 Å². The van der Waals surface area contributed by atoms with E-state index in [9.17, 15) is 33.0 Å². The smallest absolute Gasteiger partial charge is 0.280 e. The van der Waals surface area contributed by atoms with Gasteiger partial charge >= 0.3 is 0 Å². The zero-order valence-electron chi connectivity index (χ0n) is 28.6. The number of alkyl halides is 1. The molecular weight excluding hydrogens is 735 g/mol. The maximum atomic E-state index is 15.6. The molecule has 2 fully saturated rings. The molecule has 5 N–H and O–H groups in total. The van der Waals surface area contributed by atoms with E-state index in [2.05, 4.69) is 40.5 Å². The number of H-pyrrole nitrogens is 1. The molecule has 2 amide bonds. The molecule has 2 aliphatic rings. The number of aromatic amines is 1. The average molecular weight is 771 g/mol. The van der Waals surface area contributed by atoms with Crippen LogP contribution in [0.15, 0.2) is 54.1 Å². The van der Waals surface area contributed by atoms with Crippen LogP contribution < -0.4 is 16.2 Å². The van der Waals surface area contributed by atoms with Crippen LogP contribution in [0.1, 0.15) is 49.5 Å². The Labute approximate surface area is 304 Å². The second kappa shape index (κ2) is 14.9. The first kappa shape index (κ1) is 37.1. The summed E-state index contributed by atoms with van der Waals surface area (Å²) in [4.78, 5) is 60.9. The van der Waals surface area contributed by atoms with Gasteiger partial charge in [-0.1, -0.05) is 32.0 Å². The quantitative estimate of drug-likeness (QED) is 0.110. The maximum Gasteiger partial charge on any atom is 0.280 e. The first-order chi connectivity index (χ1) is 25.8. The fourth-order valence-electron chi connectivity index (χ4n) is 6.16. The lowest BCUT2D eigenvalue weighted by Crippen LogP contribution is -2.31. The number of carbonyl (C=O) groups is 2. The van der Waals surface area contributed by atoms with E-state index in [1.165, 1.54) is 21.8 Å². The van der Waals surface area contributed by atoms with Gasteiger partial charge < -0.3 is 25.0 Å². The highest BCUT2D eigenvalue weighted by Crippen LogP contribution is 2.37. The summed E-state index contributed by atoms with van der Waals surface area (Å²) in [7, 11) is -4.42. The molecule has 20 nitrogen and oxygen atoms in total. The Morgan fingerprint density at radius 1 is 1.04 bits per heavy atom. The minimum Gasteiger partial charge on any atom is -0.394 e. The highest BCUT2D eigenvalue weighted by molar-refractivity contribution is 7.86. The minimum atomic E-state index is -4.42. The molecule has 22 heteroatoms. The molecule has 0 spiro atoms. The van der Waals surface area contributed by atoms with Crippen LogP contribution in [0.5, 0.6) is 0 Å². The van der Waals surface area contributed by atoms with Crippen molar-refractivity contribution in [2.24, 2.45) is 5.92 Å². The Kier molecular flexibility index (Phi) is 10.2. The minimum absolute atomic E-state index is 0.0436. The number of anilines is 2. The number of fused-ring (bicyclic) bond motifs is 2. The Morgan fingerprint density at radius 2 is 1.76 bits per heavy atom. The van der Waals surface area contributed by atoms with Crippen LogP contribution >= 0.6 is 0 Å². The number of nitrogens with one attached hydrogen (secondary N) is 3. The number of rotatable bonds is 12. The van der Waals surface area contributed by atoms with Crippen molar-refractivity contribution >= 4 is 56.0 Å². The van der Waals surface area contributed by atoms with E-state index in [-0.39, 0.29) is 46.9 Å². The van der Waals surface area contributed by atoms with Gasteiger partial charge in [0.05, 0.1) is 37.2 Å². The number of hydrogen-bond donors (Lipinski definition) is 5. The number of imidazole rings is 2. The first-order valence-corrected chi connectivity index (χ1v) is 18.4. The summed E-state index contributed by atoms with van der Waals surface area (Å²) in [6.45, 7) is 2.82. The van der Waals surface area contributed by atoms with Gasteiger partial charge in [0.1, 0.15) is 18.5 Å². The maximum absolute atomic E-state index is 15.6. The van der Waals surface area contributed by atoms with E-state index in [0.29, 0.717) is 5.56 Å². The molecule has 2 aliphatic heterocycles. The van der Waals surface area contributed by atoms with Crippen molar-refractivity contribution in [3.05, 3.63) is 65.2 Å². The third-order valence-electron chi connectivity index (χ3n) is 8.94. The van der Waals surface area contributed by atoms with Crippen molar-refractivity contribution in [3.63, 3.8) is 0 Å². The highest BCUT2D eigenvalue weighted by Gasteiger charge is 2.47. The van der Waals surface area contributed by atoms with Gasteiger partial charge in [-0.2, -0.15) is 13.4 Å². The summed E-state index contributed by atoms with van der Waals surface area (Å²) in [5.74, 6) is -2.12. The zero-order chi connectivity index (χ0) is 38.3. The second-order valence-electron chi connectivity index (χ2n) is 13.0. The van der Waals surface area contributed by atoms with Crippen molar-refractivity contribution in [3.8, 4) is 0 Å². The van der Waals surface area contributed by atoms with Crippen molar-refractivity contribution < 1.29 is 46.3 Å². The molecular formula is C32H35FN10O10S. The van der Waals surface area contributed by atoms with Gasteiger partial charge in [-0.05, 0) is 18.6 Å². The molecule has 0 saturated carbocycles. The normalized spacial score (nSPS) is 24.4. The largest absolute Gasteiger partial charge is 0.394 e. The van der Waals surface area contributed by atoms with Crippen molar-refractivity contribution in [2.75, 3.05) is 23.0 Å². The summed E-state index contributed by atoms with van der Waals surface area (Å²) in [5, 5.41) is 25.7. The number of aromatic nitrogens is 8. The van der Waals surface area contributed by atoms with Crippen LogP contribution in [0.2, 0.25) is 0 Å². The van der Waals surface area contributed by atoms with Crippen LogP contribution in [0.4, 0.5) is 16.2 Å². The number of hydrogen-bond acceptors (Lipinski definition) is 15. The fourth-order valence-corrected chi connectivity index (χ4v) is 7.33. The number of benzene rings is 1. The lowest BCUT2D eigenvalue weighted by atomic mass is 10.1. The lowest BCUT2D eigenvalue weighted by molar-refractivity contribution is -0.118. The molecule has 1 aromatic carbocycles. The molecule has 6 heterocycles.